The maximum atomic E-state index is 12.0. The Morgan fingerprint density at radius 3 is 2.95 bits per heavy atom. The number of hydrogen-bond donors (Lipinski definition) is 3. The molecular weight excluding hydrogens is 278 g/mol. The number of nitrogens with zero attached hydrogens (tertiary/aromatic N) is 3. The Morgan fingerprint density at radius 1 is 1.57 bits per heavy atom. The molecule has 1 atom stereocenters. The maximum absolute atomic E-state index is 12.0. The number of aliphatic carboxylic acids is 1. The zero-order chi connectivity index (χ0) is 15.4. The smallest absolute Gasteiger partial charge is 0.328 e. The molecule has 0 aromatic carbocycles. The molecule has 1 unspecified atom stereocenters. The van der Waals surface area contributed by atoms with Crippen LogP contribution in [0.5, 0.6) is 0 Å². The van der Waals surface area contributed by atoms with E-state index in [1.54, 1.807) is 10.9 Å². The fourth-order valence-electron chi connectivity index (χ4n) is 2.04. The minimum absolute atomic E-state index is 0.0834. The van der Waals surface area contributed by atoms with E-state index in [4.69, 9.17) is 5.11 Å². The number of hydrogen-bond acceptors (Lipinski definition) is 4. The van der Waals surface area contributed by atoms with Gasteiger partial charge in [0.05, 0.1) is 12.7 Å². The van der Waals surface area contributed by atoms with Crippen molar-refractivity contribution in [2.75, 3.05) is 19.6 Å². The van der Waals surface area contributed by atoms with E-state index in [1.165, 1.54) is 0 Å². The Bertz CT molecular complexity index is 556. The molecule has 1 aliphatic heterocycles. The van der Waals surface area contributed by atoms with Gasteiger partial charge in [0.1, 0.15) is 12.6 Å². The minimum Gasteiger partial charge on any atom is -0.480 e. The molecule has 9 heteroatoms. The van der Waals surface area contributed by atoms with Gasteiger partial charge in [-0.05, 0) is 12.5 Å². The predicted molar refractivity (Wildman–Crippen MR) is 71.5 cm³/mol. The Labute approximate surface area is 120 Å². The third-order valence-corrected chi connectivity index (χ3v) is 3.11. The van der Waals surface area contributed by atoms with Gasteiger partial charge in [-0.2, -0.15) is 5.10 Å². The quantitative estimate of drug-likeness (QED) is 0.644. The molecule has 1 aromatic heterocycles. The van der Waals surface area contributed by atoms with Gasteiger partial charge in [0.15, 0.2) is 0 Å². The van der Waals surface area contributed by atoms with E-state index in [9.17, 15) is 14.4 Å². The van der Waals surface area contributed by atoms with Gasteiger partial charge < -0.3 is 15.7 Å². The molecule has 2 rings (SSSR count). The maximum Gasteiger partial charge on any atom is 0.328 e. The number of carbonyl (C=O) groups is 3. The second-order valence-electron chi connectivity index (χ2n) is 4.80. The Balaban J connectivity index is 1.88. The number of rotatable bonds is 4. The van der Waals surface area contributed by atoms with Crippen LogP contribution in [-0.4, -0.2) is 63.4 Å². The Hall–Kier alpha value is -2.58. The van der Waals surface area contributed by atoms with Crippen molar-refractivity contribution in [3.05, 3.63) is 18.0 Å². The highest BCUT2D eigenvalue weighted by molar-refractivity contribution is 5.90. The molecule has 3 amide bonds. The second kappa shape index (κ2) is 6.25. The summed E-state index contributed by atoms with van der Waals surface area (Å²) in [6.07, 6.45) is 3.54. The molecular formula is C12H17N5O4. The number of carbonyl (C=O) groups excluding carboxylic acids is 2. The Morgan fingerprint density at radius 2 is 2.33 bits per heavy atom. The first-order chi connectivity index (χ1) is 9.97. The summed E-state index contributed by atoms with van der Waals surface area (Å²) in [5.41, 5.74) is 1.01. The van der Waals surface area contributed by atoms with Crippen LogP contribution in [-0.2, 0) is 16.1 Å². The van der Waals surface area contributed by atoms with E-state index in [0.717, 1.165) is 10.5 Å². The molecule has 9 nitrogen and oxygen atoms in total. The van der Waals surface area contributed by atoms with Crippen molar-refractivity contribution >= 4 is 17.9 Å². The summed E-state index contributed by atoms with van der Waals surface area (Å²) < 4.78 is 1.67. The number of urea groups is 1. The lowest BCUT2D eigenvalue weighted by molar-refractivity contribution is -0.144. The third kappa shape index (κ3) is 3.71. The van der Waals surface area contributed by atoms with Crippen LogP contribution in [0.3, 0.4) is 0 Å². The molecule has 0 saturated carbocycles. The molecule has 114 valence electrons. The van der Waals surface area contributed by atoms with E-state index in [0.29, 0.717) is 13.1 Å². The molecule has 3 N–H and O–H groups in total. The number of aromatic nitrogens is 2. The normalized spacial score (nSPS) is 18.2. The van der Waals surface area contributed by atoms with Crippen LogP contribution >= 0.6 is 0 Å². The van der Waals surface area contributed by atoms with Crippen LogP contribution in [0.1, 0.15) is 5.56 Å². The van der Waals surface area contributed by atoms with Gasteiger partial charge in [0.25, 0.3) is 0 Å². The summed E-state index contributed by atoms with van der Waals surface area (Å²) >= 11 is 0. The van der Waals surface area contributed by atoms with E-state index in [-0.39, 0.29) is 19.0 Å². The van der Waals surface area contributed by atoms with Crippen molar-refractivity contribution in [3.8, 4) is 0 Å². The molecule has 0 aliphatic carbocycles. The van der Waals surface area contributed by atoms with Crippen molar-refractivity contribution in [2.45, 2.75) is 19.5 Å². The monoisotopic (exact) mass is 295 g/mol. The molecule has 2 heterocycles. The summed E-state index contributed by atoms with van der Waals surface area (Å²) in [6.45, 7) is 2.33. The fourth-order valence-corrected chi connectivity index (χ4v) is 2.04. The summed E-state index contributed by atoms with van der Waals surface area (Å²) in [6, 6.07) is -1.62. The standard InChI is InChI=1S/C12H17N5O4/c1-8-4-15-16(6-8)3-2-13-12(21)17-7-10(18)14-5-9(17)11(19)20/h4,6,9H,2-3,5,7H2,1H3,(H,13,21)(H,14,18)(H,19,20). The Kier molecular flexibility index (Phi) is 4.41. The van der Waals surface area contributed by atoms with Gasteiger partial charge in [-0.1, -0.05) is 0 Å². The lowest BCUT2D eigenvalue weighted by Gasteiger charge is -2.32. The van der Waals surface area contributed by atoms with Crippen molar-refractivity contribution < 1.29 is 19.5 Å². The number of piperazine rings is 1. The number of aryl methyl sites for hydroxylation is 1. The van der Waals surface area contributed by atoms with Crippen LogP contribution < -0.4 is 10.6 Å². The van der Waals surface area contributed by atoms with Gasteiger partial charge in [-0.3, -0.25) is 14.4 Å². The van der Waals surface area contributed by atoms with Gasteiger partial charge in [0.2, 0.25) is 5.91 Å². The molecule has 0 bridgehead atoms. The first-order valence-electron chi connectivity index (χ1n) is 6.50. The average Bonchev–Trinajstić information content (AvgIpc) is 2.84. The van der Waals surface area contributed by atoms with Gasteiger partial charge in [-0.15, -0.1) is 0 Å². The van der Waals surface area contributed by atoms with Crippen LogP contribution in [0, 0.1) is 6.92 Å². The zero-order valence-electron chi connectivity index (χ0n) is 11.6. The molecule has 1 saturated heterocycles. The minimum atomic E-state index is -1.15. The largest absolute Gasteiger partial charge is 0.480 e. The highest BCUT2D eigenvalue weighted by Gasteiger charge is 2.34. The summed E-state index contributed by atoms with van der Waals surface area (Å²) in [5.74, 6) is -1.52. The molecule has 21 heavy (non-hydrogen) atoms. The van der Waals surface area contributed by atoms with E-state index >= 15 is 0 Å². The molecule has 0 radical (unpaired) electrons. The van der Waals surface area contributed by atoms with Crippen molar-refractivity contribution in [1.82, 2.24) is 25.3 Å². The SMILES string of the molecule is Cc1cnn(CCNC(=O)N2CC(=O)NCC2C(=O)O)c1. The van der Waals surface area contributed by atoms with Crippen LogP contribution in [0.2, 0.25) is 0 Å². The van der Waals surface area contributed by atoms with Gasteiger partial charge in [0, 0.05) is 19.3 Å². The molecule has 1 aliphatic rings. The summed E-state index contributed by atoms with van der Waals surface area (Å²) in [4.78, 5) is 35.4. The highest BCUT2D eigenvalue weighted by atomic mass is 16.4. The summed E-state index contributed by atoms with van der Waals surface area (Å²) in [5, 5.41) is 18.2. The number of nitrogens with one attached hydrogen (secondary N) is 2. The first-order valence-corrected chi connectivity index (χ1v) is 6.50. The van der Waals surface area contributed by atoms with Crippen LogP contribution in [0.25, 0.3) is 0 Å². The predicted octanol–water partition coefficient (Wildman–Crippen LogP) is -1.21. The number of amides is 3. The lowest BCUT2D eigenvalue weighted by atomic mass is 10.2. The van der Waals surface area contributed by atoms with Crippen LogP contribution in [0.4, 0.5) is 4.79 Å². The van der Waals surface area contributed by atoms with Crippen molar-refractivity contribution in [2.24, 2.45) is 0 Å². The molecule has 1 fully saturated rings. The molecule has 1 aromatic rings. The zero-order valence-corrected chi connectivity index (χ0v) is 11.6. The molecule has 0 spiro atoms. The van der Waals surface area contributed by atoms with Crippen molar-refractivity contribution in [3.63, 3.8) is 0 Å². The third-order valence-electron chi connectivity index (χ3n) is 3.11. The second-order valence-corrected chi connectivity index (χ2v) is 4.80. The van der Waals surface area contributed by atoms with Crippen molar-refractivity contribution in [1.29, 1.82) is 0 Å². The number of carboxylic acid groups (broad SMARTS) is 1. The van der Waals surface area contributed by atoms with Gasteiger partial charge in [-0.25, -0.2) is 9.59 Å². The fraction of sp³-hybridized carbons (Fsp3) is 0.500. The van der Waals surface area contributed by atoms with E-state index in [1.807, 2.05) is 13.1 Å². The van der Waals surface area contributed by atoms with Gasteiger partial charge >= 0.3 is 12.0 Å². The van der Waals surface area contributed by atoms with E-state index < -0.39 is 18.0 Å². The van der Waals surface area contributed by atoms with E-state index in [2.05, 4.69) is 15.7 Å². The average molecular weight is 295 g/mol. The topological polar surface area (TPSA) is 117 Å². The lowest BCUT2D eigenvalue weighted by Crippen LogP contribution is -2.61. The highest BCUT2D eigenvalue weighted by Crippen LogP contribution is 2.04. The van der Waals surface area contributed by atoms with Crippen LogP contribution in [0.15, 0.2) is 12.4 Å². The first kappa shape index (κ1) is 14.8. The number of carboxylic acids is 1. The summed E-state index contributed by atoms with van der Waals surface area (Å²) in [7, 11) is 0.